The Balaban J connectivity index is 4.19. The molecule has 0 N–H and O–H groups in total. The van der Waals surface area contributed by atoms with Gasteiger partial charge in [0.05, 0.1) is 5.48 Å². The molecule has 0 aliphatic carbocycles. The fourth-order valence-electron chi connectivity index (χ4n) is 2.65. The zero-order chi connectivity index (χ0) is 32.4. The summed E-state index contributed by atoms with van der Waals surface area (Å²) in [7, 11) is 0. The van der Waals surface area contributed by atoms with E-state index in [9.17, 15) is 6.17 Å². The molecule has 0 heterocycles. The summed E-state index contributed by atoms with van der Waals surface area (Å²) in [6.07, 6.45) is -6.84. The molecule has 0 saturated heterocycles. The molecule has 0 saturated carbocycles. The molecule has 0 fully saturated rings. The lowest BCUT2D eigenvalue weighted by atomic mass is 9.92. The molecular formula is C23H40N2O2. The van der Waals surface area contributed by atoms with Gasteiger partial charge in [0.15, 0.2) is 0 Å². The van der Waals surface area contributed by atoms with Crippen LogP contribution < -0.4 is 4.74 Å². The Morgan fingerprint density at radius 2 is 1.81 bits per heavy atom. The Labute approximate surface area is 185 Å². The molecule has 0 spiro atoms. The van der Waals surface area contributed by atoms with Crippen LogP contribution in [0.25, 0.3) is 0 Å². The van der Waals surface area contributed by atoms with Crippen LogP contribution in [0.5, 0.6) is 5.75 Å². The number of hydrogen-bond acceptors (Lipinski definition) is 3. The number of amides is 1. The summed E-state index contributed by atoms with van der Waals surface area (Å²) in [5.74, 6) is -0.669. The normalized spacial score (nSPS) is 23.9. The van der Waals surface area contributed by atoms with Crippen molar-refractivity contribution in [2.45, 2.75) is 93.1 Å². The third-order valence-corrected chi connectivity index (χ3v) is 3.86. The first-order valence-electron chi connectivity index (χ1n) is 15.2. The molecule has 4 nitrogen and oxygen atoms in total. The first-order chi connectivity index (χ1) is 17.3. The highest BCUT2D eigenvalue weighted by Crippen LogP contribution is 2.35. The van der Waals surface area contributed by atoms with E-state index in [-0.39, 0.29) is 21.6 Å². The van der Waals surface area contributed by atoms with Crippen molar-refractivity contribution in [1.29, 1.82) is 0 Å². The highest BCUT2D eigenvalue weighted by atomic mass is 16.6. The van der Waals surface area contributed by atoms with Crippen LogP contribution in [0.3, 0.4) is 0 Å². The molecule has 1 rings (SSSR count). The SMILES string of the molecule is [2H]c1c([2H])c(OC(=O)N(C([2H])(C)C)C([2H])([2H])C([2H])([2H])C)c(C)c([C@]([2H])(N(C([2H])([2H])C)C([2H])(C)C)C([2H])([2H])C)c1C. The molecule has 1 atom stereocenters. The largest absolute Gasteiger partial charge is 0.415 e. The van der Waals surface area contributed by atoms with E-state index in [0.29, 0.717) is 4.90 Å². The standard InChI is InChI=1S/C23H40N2O2/c1-10-15-25(17(6)7)23(26)27-21-14-13-18(8)22(19(21)9)20(11-2)24(12-3)16(4)5/h13-14,16-17,20H,10-12,15H2,1-9H3/t20-/m1/s1/i10D2,11D2,12D2,13D,14D,15D2,16D,17D,20D. The minimum atomic E-state index is -3.08. The lowest BCUT2D eigenvalue weighted by Gasteiger charge is -2.36. The van der Waals surface area contributed by atoms with Crippen LogP contribution in [-0.2, 0) is 0 Å². The summed E-state index contributed by atoms with van der Waals surface area (Å²) in [6, 6.07) is -7.95. The quantitative estimate of drug-likeness (QED) is 0.511. The van der Waals surface area contributed by atoms with Crippen molar-refractivity contribution in [3.05, 3.63) is 28.8 Å². The van der Waals surface area contributed by atoms with Gasteiger partial charge in [0, 0.05) is 36.9 Å². The van der Waals surface area contributed by atoms with Crippen molar-refractivity contribution >= 4 is 6.09 Å². The fourth-order valence-corrected chi connectivity index (χ4v) is 2.65. The Morgan fingerprint density at radius 3 is 2.26 bits per heavy atom. The van der Waals surface area contributed by atoms with E-state index in [4.69, 9.17) is 21.2 Å². The van der Waals surface area contributed by atoms with E-state index in [1.165, 1.54) is 27.7 Å². The molecule has 0 unspecified atom stereocenters. The highest BCUT2D eigenvalue weighted by molar-refractivity contribution is 5.71. The maximum Gasteiger partial charge on any atom is 0.415 e. The maximum atomic E-state index is 13.4. The van der Waals surface area contributed by atoms with Crippen molar-refractivity contribution in [2.75, 3.05) is 13.0 Å². The molecule has 0 radical (unpaired) electrons. The predicted octanol–water partition coefficient (Wildman–Crippen LogP) is 6.10. The van der Waals surface area contributed by atoms with Gasteiger partial charge in [0.2, 0.25) is 0 Å². The third kappa shape index (κ3) is 5.71. The number of hydrogen-bond donors (Lipinski definition) is 0. The number of rotatable bonds is 9. The minimum absolute atomic E-state index is 0.0978. The second-order valence-electron chi connectivity index (χ2n) is 6.32. The Bertz CT molecular complexity index is 1110. The molecule has 4 heteroatoms. The van der Waals surface area contributed by atoms with Gasteiger partial charge in [-0.1, -0.05) is 26.8 Å². The molecule has 0 aromatic heterocycles. The summed E-state index contributed by atoms with van der Waals surface area (Å²) in [6.45, 7) is 4.79. The van der Waals surface area contributed by atoms with Crippen molar-refractivity contribution in [3.8, 4) is 5.75 Å². The Hall–Kier alpha value is -1.55. The van der Waals surface area contributed by atoms with Crippen LogP contribution in [0.2, 0.25) is 0 Å². The van der Waals surface area contributed by atoms with Crippen molar-refractivity contribution in [2.24, 2.45) is 0 Å². The van der Waals surface area contributed by atoms with Gasteiger partial charge >= 0.3 is 6.09 Å². The molecular weight excluding hydrogens is 336 g/mol. The number of ether oxygens (including phenoxy) is 1. The second-order valence-corrected chi connectivity index (χ2v) is 6.32. The Kier molecular flexibility index (Phi) is 4.08. The van der Waals surface area contributed by atoms with Crippen molar-refractivity contribution < 1.29 is 27.4 Å². The van der Waals surface area contributed by atoms with Crippen molar-refractivity contribution in [1.82, 2.24) is 9.80 Å². The highest BCUT2D eigenvalue weighted by Gasteiger charge is 2.26. The zero-order valence-corrected chi connectivity index (χ0v) is 17.7. The van der Waals surface area contributed by atoms with Gasteiger partial charge in [0.1, 0.15) is 5.75 Å². The van der Waals surface area contributed by atoms with Gasteiger partial charge < -0.3 is 9.64 Å². The van der Waals surface area contributed by atoms with Gasteiger partial charge in [-0.3, -0.25) is 4.90 Å². The molecule has 27 heavy (non-hydrogen) atoms. The fraction of sp³-hybridized carbons (Fsp3) is 0.696. The van der Waals surface area contributed by atoms with Crippen LogP contribution in [0.1, 0.15) is 102 Å². The van der Waals surface area contributed by atoms with Crippen LogP contribution in [-0.4, -0.2) is 40.9 Å². The first kappa shape index (κ1) is 10.3. The molecule has 154 valence electrons. The summed E-state index contributed by atoms with van der Waals surface area (Å²) >= 11 is 0. The summed E-state index contributed by atoms with van der Waals surface area (Å²) in [4.78, 5) is 14.3. The summed E-state index contributed by atoms with van der Waals surface area (Å²) in [5, 5.41) is 0. The summed E-state index contributed by atoms with van der Waals surface area (Å²) in [5.41, 5.74) is -0.645. The third-order valence-electron chi connectivity index (χ3n) is 3.86. The zero-order valence-electron chi connectivity index (χ0n) is 30.7. The molecule has 0 aliphatic heterocycles. The molecule has 1 aromatic carbocycles. The van der Waals surface area contributed by atoms with E-state index >= 15 is 0 Å². The molecule has 1 aromatic rings. The topological polar surface area (TPSA) is 32.8 Å². The van der Waals surface area contributed by atoms with E-state index in [1.807, 2.05) is 0 Å². The molecule has 0 bridgehead atoms. The minimum Gasteiger partial charge on any atom is -0.410 e. The number of nitrogens with zero attached hydrogens (tertiary/aromatic N) is 2. The van der Waals surface area contributed by atoms with Gasteiger partial charge in [-0.2, -0.15) is 0 Å². The number of carbonyl (C=O) groups excluding carboxylic acids is 1. The summed E-state index contributed by atoms with van der Waals surface area (Å²) < 4.78 is 115. The number of carbonyl (C=O) groups is 1. The molecule has 0 aliphatic rings. The van der Waals surface area contributed by atoms with Crippen LogP contribution in [0.15, 0.2) is 12.1 Å². The predicted molar refractivity (Wildman–Crippen MR) is 115 cm³/mol. The average molecular weight is 390 g/mol. The van der Waals surface area contributed by atoms with Gasteiger partial charge in [-0.15, -0.1) is 0 Å². The van der Waals surface area contributed by atoms with E-state index in [0.717, 1.165) is 34.6 Å². The lowest BCUT2D eigenvalue weighted by molar-refractivity contribution is 0.137. The van der Waals surface area contributed by atoms with E-state index in [2.05, 4.69) is 0 Å². The van der Waals surface area contributed by atoms with Gasteiger partial charge in [-0.25, -0.2) is 4.79 Å². The van der Waals surface area contributed by atoms with E-state index < -0.39 is 67.7 Å². The van der Waals surface area contributed by atoms with Crippen LogP contribution >= 0.6 is 0 Å². The number of benzene rings is 1. The maximum absolute atomic E-state index is 13.4. The van der Waals surface area contributed by atoms with Crippen LogP contribution in [0, 0.1) is 13.8 Å². The lowest BCUT2D eigenvalue weighted by Crippen LogP contribution is -2.39. The van der Waals surface area contributed by atoms with Crippen molar-refractivity contribution in [3.63, 3.8) is 0 Å². The smallest absolute Gasteiger partial charge is 0.410 e. The van der Waals surface area contributed by atoms with Crippen LogP contribution in [0.4, 0.5) is 4.79 Å². The van der Waals surface area contributed by atoms with Gasteiger partial charge in [0.25, 0.3) is 0 Å². The monoisotopic (exact) mass is 389 g/mol. The Morgan fingerprint density at radius 1 is 1.19 bits per heavy atom. The average Bonchev–Trinajstić information content (AvgIpc) is 2.64. The van der Waals surface area contributed by atoms with E-state index in [1.54, 1.807) is 0 Å². The first-order valence-corrected chi connectivity index (χ1v) is 8.70. The molecule has 1 amide bonds. The second kappa shape index (κ2) is 10.7. The van der Waals surface area contributed by atoms with Gasteiger partial charge in [-0.05, 0) is 83.5 Å².